The van der Waals surface area contributed by atoms with Crippen LogP contribution in [0, 0.1) is 0 Å². The van der Waals surface area contributed by atoms with Gasteiger partial charge in [0.25, 0.3) is 0 Å². The second kappa shape index (κ2) is 5.42. The molecule has 2 heterocycles. The van der Waals surface area contributed by atoms with Crippen LogP contribution in [0.25, 0.3) is 10.9 Å². The summed E-state index contributed by atoms with van der Waals surface area (Å²) in [6, 6.07) is 10.2. The number of anilines is 2. The molecule has 3 aromatic rings. The molecule has 3 rings (SSSR count). The van der Waals surface area contributed by atoms with Crippen LogP contribution in [0.15, 0.2) is 45.7 Å². The zero-order valence-corrected chi connectivity index (χ0v) is 13.4. The van der Waals surface area contributed by atoms with E-state index in [1.807, 2.05) is 18.2 Å². The first kappa shape index (κ1) is 13.4. The lowest BCUT2D eigenvalue weighted by atomic mass is 10.1. The van der Waals surface area contributed by atoms with Crippen LogP contribution in [0.1, 0.15) is 5.56 Å². The highest BCUT2D eigenvalue weighted by atomic mass is 79.9. The molecule has 5 heteroatoms. The number of hydrogen-bond donors (Lipinski definition) is 1. The van der Waals surface area contributed by atoms with Crippen LogP contribution >= 0.6 is 27.3 Å². The standard InChI is InChI=1S/C15H14BrN3S/c1-19(8-10-6-14(16)20-9-10)15-11-4-2-3-5-13(11)18-7-12(15)17/h2-7,9H,8,17H2,1H3. The highest BCUT2D eigenvalue weighted by Gasteiger charge is 2.12. The Morgan fingerprint density at radius 3 is 2.90 bits per heavy atom. The topological polar surface area (TPSA) is 42.1 Å². The zero-order chi connectivity index (χ0) is 14.1. The molecule has 0 unspecified atom stereocenters. The van der Waals surface area contributed by atoms with Crippen molar-refractivity contribution in [2.45, 2.75) is 6.54 Å². The minimum Gasteiger partial charge on any atom is -0.396 e. The SMILES string of the molecule is CN(Cc1csc(Br)c1)c1c(N)cnc2ccccc12. The number of rotatable bonds is 3. The summed E-state index contributed by atoms with van der Waals surface area (Å²) in [5, 5.41) is 3.24. The second-order valence-electron chi connectivity index (χ2n) is 4.69. The maximum absolute atomic E-state index is 6.14. The molecule has 3 nitrogen and oxygen atoms in total. The van der Waals surface area contributed by atoms with E-state index in [1.165, 1.54) is 5.56 Å². The highest BCUT2D eigenvalue weighted by molar-refractivity contribution is 9.11. The van der Waals surface area contributed by atoms with Gasteiger partial charge in [-0.15, -0.1) is 11.3 Å². The van der Waals surface area contributed by atoms with E-state index in [-0.39, 0.29) is 0 Å². The van der Waals surface area contributed by atoms with Crippen molar-refractivity contribution in [1.82, 2.24) is 4.98 Å². The predicted octanol–water partition coefficient (Wildman–Crippen LogP) is 4.28. The molecule has 0 bridgehead atoms. The van der Waals surface area contributed by atoms with Gasteiger partial charge in [-0.2, -0.15) is 0 Å². The number of nitrogens with zero attached hydrogens (tertiary/aromatic N) is 2. The molecular weight excluding hydrogens is 334 g/mol. The Hall–Kier alpha value is -1.59. The second-order valence-corrected chi connectivity index (χ2v) is 6.98. The first-order chi connectivity index (χ1) is 9.65. The van der Waals surface area contributed by atoms with Crippen molar-refractivity contribution in [1.29, 1.82) is 0 Å². The summed E-state index contributed by atoms with van der Waals surface area (Å²) in [5.74, 6) is 0. The fourth-order valence-corrected chi connectivity index (χ4v) is 3.55. The molecule has 0 saturated carbocycles. The first-order valence-corrected chi connectivity index (χ1v) is 7.89. The number of nitrogen functional groups attached to an aromatic ring is 1. The third kappa shape index (κ3) is 2.51. The molecule has 0 aliphatic heterocycles. The maximum atomic E-state index is 6.14. The van der Waals surface area contributed by atoms with Crippen molar-refractivity contribution < 1.29 is 0 Å². The molecule has 0 amide bonds. The summed E-state index contributed by atoms with van der Waals surface area (Å²) >= 11 is 5.19. The van der Waals surface area contributed by atoms with Crippen molar-refractivity contribution in [3.63, 3.8) is 0 Å². The number of fused-ring (bicyclic) bond motifs is 1. The van der Waals surface area contributed by atoms with Crippen LogP contribution in [0.3, 0.4) is 0 Å². The smallest absolute Gasteiger partial charge is 0.0745 e. The Morgan fingerprint density at radius 2 is 2.15 bits per heavy atom. The van der Waals surface area contributed by atoms with Crippen LogP contribution in [-0.2, 0) is 6.54 Å². The molecule has 102 valence electrons. The van der Waals surface area contributed by atoms with Crippen molar-refractivity contribution >= 4 is 49.5 Å². The maximum Gasteiger partial charge on any atom is 0.0745 e. The molecule has 0 radical (unpaired) electrons. The van der Waals surface area contributed by atoms with Crippen LogP contribution in [-0.4, -0.2) is 12.0 Å². The normalized spacial score (nSPS) is 10.9. The molecule has 0 aliphatic rings. The molecule has 0 spiro atoms. The lowest BCUT2D eigenvalue weighted by Crippen LogP contribution is -2.18. The van der Waals surface area contributed by atoms with Gasteiger partial charge in [-0.05, 0) is 39.0 Å². The van der Waals surface area contributed by atoms with Crippen molar-refractivity contribution in [3.05, 3.63) is 51.3 Å². The van der Waals surface area contributed by atoms with Gasteiger partial charge in [-0.1, -0.05) is 18.2 Å². The van der Waals surface area contributed by atoms with E-state index in [0.29, 0.717) is 5.69 Å². The summed E-state index contributed by atoms with van der Waals surface area (Å²) < 4.78 is 1.15. The largest absolute Gasteiger partial charge is 0.396 e. The Labute approximate surface area is 130 Å². The lowest BCUT2D eigenvalue weighted by Gasteiger charge is -2.22. The molecule has 2 N–H and O–H groups in total. The number of benzene rings is 1. The van der Waals surface area contributed by atoms with Gasteiger partial charge >= 0.3 is 0 Å². The Balaban J connectivity index is 2.02. The summed E-state index contributed by atoms with van der Waals surface area (Å²) in [6.45, 7) is 0.820. The van der Waals surface area contributed by atoms with Crippen LogP contribution in [0.2, 0.25) is 0 Å². The average molecular weight is 348 g/mol. The summed E-state index contributed by atoms with van der Waals surface area (Å²) in [7, 11) is 2.06. The van der Waals surface area contributed by atoms with Gasteiger partial charge in [-0.3, -0.25) is 4.98 Å². The number of halogens is 1. The molecular formula is C15H14BrN3S. The molecule has 0 aliphatic carbocycles. The van der Waals surface area contributed by atoms with Gasteiger partial charge in [0.05, 0.1) is 26.9 Å². The predicted molar refractivity (Wildman–Crippen MR) is 90.3 cm³/mol. The molecule has 0 atom stereocenters. The highest BCUT2D eigenvalue weighted by Crippen LogP contribution is 2.32. The lowest BCUT2D eigenvalue weighted by molar-refractivity contribution is 0.933. The number of pyridine rings is 1. The monoisotopic (exact) mass is 347 g/mol. The van der Waals surface area contributed by atoms with Crippen molar-refractivity contribution in [2.75, 3.05) is 17.7 Å². The fourth-order valence-electron chi connectivity index (χ4n) is 2.35. The molecule has 2 aromatic heterocycles. The summed E-state index contributed by atoms with van der Waals surface area (Å²) in [5.41, 5.74) is 10.1. The third-order valence-corrected chi connectivity index (χ3v) is 4.75. The van der Waals surface area contributed by atoms with E-state index in [2.05, 4.69) is 50.4 Å². The zero-order valence-electron chi connectivity index (χ0n) is 11.0. The van der Waals surface area contributed by atoms with Crippen LogP contribution in [0.4, 0.5) is 11.4 Å². The first-order valence-electron chi connectivity index (χ1n) is 6.22. The minimum atomic E-state index is 0.709. The molecule has 1 aromatic carbocycles. The van der Waals surface area contributed by atoms with Gasteiger partial charge in [0.1, 0.15) is 0 Å². The third-order valence-electron chi connectivity index (χ3n) is 3.20. The van der Waals surface area contributed by atoms with E-state index in [4.69, 9.17) is 5.73 Å². The average Bonchev–Trinajstić information content (AvgIpc) is 2.83. The van der Waals surface area contributed by atoms with Crippen molar-refractivity contribution in [2.24, 2.45) is 0 Å². The number of thiophene rings is 1. The number of nitrogens with two attached hydrogens (primary N) is 1. The fraction of sp³-hybridized carbons (Fsp3) is 0.133. The van der Waals surface area contributed by atoms with Gasteiger partial charge < -0.3 is 10.6 Å². The Bertz CT molecular complexity index is 754. The van der Waals surface area contributed by atoms with E-state index in [9.17, 15) is 0 Å². The number of hydrogen-bond acceptors (Lipinski definition) is 4. The number of para-hydroxylation sites is 1. The van der Waals surface area contributed by atoms with E-state index in [1.54, 1.807) is 17.5 Å². The van der Waals surface area contributed by atoms with Crippen LogP contribution in [0.5, 0.6) is 0 Å². The Kier molecular flexibility index (Phi) is 3.63. The van der Waals surface area contributed by atoms with Crippen molar-refractivity contribution in [3.8, 4) is 0 Å². The van der Waals surface area contributed by atoms with Gasteiger partial charge in [0.2, 0.25) is 0 Å². The van der Waals surface area contributed by atoms with Gasteiger partial charge in [-0.25, -0.2) is 0 Å². The summed E-state index contributed by atoms with van der Waals surface area (Å²) in [4.78, 5) is 6.55. The van der Waals surface area contributed by atoms with E-state index < -0.39 is 0 Å². The number of aromatic nitrogens is 1. The van der Waals surface area contributed by atoms with E-state index in [0.717, 1.165) is 26.9 Å². The van der Waals surface area contributed by atoms with Crippen LogP contribution < -0.4 is 10.6 Å². The molecule has 20 heavy (non-hydrogen) atoms. The Morgan fingerprint density at radius 1 is 1.35 bits per heavy atom. The minimum absolute atomic E-state index is 0.709. The van der Waals surface area contributed by atoms with E-state index >= 15 is 0 Å². The quantitative estimate of drug-likeness (QED) is 0.768. The summed E-state index contributed by atoms with van der Waals surface area (Å²) in [6.07, 6.45) is 1.73. The molecule has 0 saturated heterocycles. The van der Waals surface area contributed by atoms with Gasteiger partial charge in [0, 0.05) is 19.0 Å². The molecule has 0 fully saturated rings. The van der Waals surface area contributed by atoms with Gasteiger partial charge in [0.15, 0.2) is 0 Å².